The van der Waals surface area contributed by atoms with E-state index in [9.17, 15) is 67.1 Å². The lowest BCUT2D eigenvalue weighted by molar-refractivity contribution is -0.146. The lowest BCUT2D eigenvalue weighted by Gasteiger charge is -2.29. The first-order valence-corrected chi connectivity index (χ1v) is 18.1. The molecule has 0 N–H and O–H groups in total. The summed E-state index contributed by atoms with van der Waals surface area (Å²) in [5.74, 6) is -37.2. The molecule has 332 valence electrons. The highest BCUT2D eigenvalue weighted by Crippen LogP contribution is 2.31. The maximum atomic E-state index is 14.7. The third-order valence-corrected chi connectivity index (χ3v) is 9.05. The van der Waals surface area contributed by atoms with Gasteiger partial charge < -0.3 is 18.9 Å². The first kappa shape index (κ1) is 46.2. The second-order valence-electron chi connectivity index (χ2n) is 13.4. The van der Waals surface area contributed by atoms with Crippen molar-refractivity contribution in [2.24, 2.45) is 0 Å². The van der Waals surface area contributed by atoms with Crippen molar-refractivity contribution >= 4 is 17.9 Å². The quantitative estimate of drug-likeness (QED) is 0.0436. The molecule has 0 aliphatic heterocycles. The summed E-state index contributed by atoms with van der Waals surface area (Å²) in [6.07, 6.45) is -0.846. The Hall–Kier alpha value is -7.35. The van der Waals surface area contributed by atoms with Crippen LogP contribution >= 0.6 is 0 Å². The van der Waals surface area contributed by atoms with Crippen LogP contribution in [0.25, 0.3) is 11.1 Å². The standard InChI is InChI=1S/C44H25F12NO7/c45-26-15-27(46)36(52)41(35(26)51)62-33(58)18-57(19-34(59)63-42-37(53)28(47)16-29(48)38(42)54)32(44(60)64-43-39(55)30(49)17-31(50)40(43)56)14-21-6-8-23(9-7-21)24-10-12-25(13-11-24)61-20-22-4-2-1-3-5-22/h1-13,15-17,32H,14,18-20H2. The molecular weight excluding hydrogens is 882 g/mol. The molecule has 0 bridgehead atoms. The Balaban J connectivity index is 1.35. The van der Waals surface area contributed by atoms with Crippen LogP contribution in [-0.4, -0.2) is 41.9 Å². The molecule has 6 rings (SSSR count). The molecule has 6 aromatic rings. The van der Waals surface area contributed by atoms with Crippen LogP contribution in [0.3, 0.4) is 0 Å². The van der Waals surface area contributed by atoms with Gasteiger partial charge in [0.25, 0.3) is 0 Å². The Morgan fingerprint density at radius 2 is 0.828 bits per heavy atom. The van der Waals surface area contributed by atoms with E-state index in [1.54, 1.807) is 24.3 Å². The van der Waals surface area contributed by atoms with E-state index in [1.165, 1.54) is 24.3 Å². The third kappa shape index (κ3) is 10.6. The summed E-state index contributed by atoms with van der Waals surface area (Å²) in [6, 6.07) is 18.4. The van der Waals surface area contributed by atoms with Gasteiger partial charge in [0, 0.05) is 18.2 Å². The van der Waals surface area contributed by atoms with Crippen LogP contribution in [0.2, 0.25) is 0 Å². The van der Waals surface area contributed by atoms with Crippen molar-refractivity contribution in [3.63, 3.8) is 0 Å². The van der Waals surface area contributed by atoms with Gasteiger partial charge in [-0.15, -0.1) is 0 Å². The van der Waals surface area contributed by atoms with E-state index in [1.807, 2.05) is 30.3 Å². The molecule has 0 aromatic heterocycles. The second-order valence-corrected chi connectivity index (χ2v) is 13.4. The number of hydrogen-bond donors (Lipinski definition) is 0. The number of hydrogen-bond acceptors (Lipinski definition) is 8. The van der Waals surface area contributed by atoms with Crippen LogP contribution in [0, 0.1) is 69.8 Å². The Morgan fingerprint density at radius 1 is 0.453 bits per heavy atom. The molecule has 1 unspecified atom stereocenters. The first-order chi connectivity index (χ1) is 30.4. The molecule has 0 amide bonds. The molecule has 0 aliphatic rings. The number of carbonyl (C=O) groups excluding carboxylic acids is 3. The first-order valence-electron chi connectivity index (χ1n) is 18.1. The minimum atomic E-state index is -2.35. The molecule has 8 nitrogen and oxygen atoms in total. The average Bonchev–Trinajstić information content (AvgIpc) is 3.27. The zero-order valence-electron chi connectivity index (χ0n) is 32.0. The zero-order chi connectivity index (χ0) is 46.4. The topological polar surface area (TPSA) is 91.4 Å². The minimum absolute atomic E-state index is 0.0280. The Bertz CT molecular complexity index is 2560. The summed E-state index contributed by atoms with van der Waals surface area (Å²) >= 11 is 0. The van der Waals surface area contributed by atoms with Crippen molar-refractivity contribution in [3.05, 3.63) is 178 Å². The zero-order valence-corrected chi connectivity index (χ0v) is 32.0. The Morgan fingerprint density at radius 3 is 1.23 bits per heavy atom. The number of ether oxygens (including phenoxy) is 4. The van der Waals surface area contributed by atoms with Gasteiger partial charge in [-0.25, -0.2) is 31.1 Å². The highest BCUT2D eigenvalue weighted by atomic mass is 19.2. The fraction of sp³-hybridized carbons (Fsp3) is 0.114. The van der Waals surface area contributed by atoms with Crippen LogP contribution in [0.15, 0.2) is 97.1 Å². The fourth-order valence-electron chi connectivity index (χ4n) is 5.89. The number of benzene rings is 6. The molecule has 0 heterocycles. The van der Waals surface area contributed by atoms with E-state index in [-0.39, 0.29) is 35.3 Å². The summed E-state index contributed by atoms with van der Waals surface area (Å²) < 4.78 is 191. The number of carbonyl (C=O) groups is 3. The van der Waals surface area contributed by atoms with Crippen LogP contribution in [0.4, 0.5) is 52.7 Å². The van der Waals surface area contributed by atoms with E-state index in [4.69, 9.17) is 4.74 Å². The Kier molecular flexibility index (Phi) is 14.3. The van der Waals surface area contributed by atoms with Crippen molar-refractivity contribution in [1.29, 1.82) is 0 Å². The van der Waals surface area contributed by atoms with Crippen molar-refractivity contribution in [3.8, 4) is 34.1 Å². The minimum Gasteiger partial charge on any atom is -0.489 e. The fourth-order valence-corrected chi connectivity index (χ4v) is 5.89. The third-order valence-electron chi connectivity index (χ3n) is 9.05. The molecule has 64 heavy (non-hydrogen) atoms. The van der Waals surface area contributed by atoms with Gasteiger partial charge in [0.05, 0.1) is 13.1 Å². The maximum absolute atomic E-state index is 14.7. The lowest BCUT2D eigenvalue weighted by atomic mass is 9.99. The average molecular weight is 908 g/mol. The predicted octanol–water partition coefficient (Wildman–Crippen LogP) is 9.63. The molecular formula is C44H25F12NO7. The van der Waals surface area contributed by atoms with Crippen LogP contribution in [-0.2, 0) is 27.4 Å². The molecule has 0 saturated heterocycles. The second kappa shape index (κ2) is 19.8. The SMILES string of the molecule is O=C(CN(CC(=O)Oc1c(F)c(F)cc(F)c1F)C(Cc1ccc(-c2ccc(OCc3ccccc3)cc2)cc1)C(=O)Oc1c(F)c(F)cc(F)c1F)Oc1c(F)c(F)cc(F)c1F. The monoisotopic (exact) mass is 907 g/mol. The van der Waals surface area contributed by atoms with Crippen molar-refractivity contribution in [1.82, 2.24) is 4.90 Å². The van der Waals surface area contributed by atoms with Gasteiger partial charge in [-0.05, 0) is 40.8 Å². The highest BCUT2D eigenvalue weighted by molar-refractivity contribution is 5.83. The predicted molar refractivity (Wildman–Crippen MR) is 197 cm³/mol. The maximum Gasteiger partial charge on any atom is 0.329 e. The van der Waals surface area contributed by atoms with Crippen LogP contribution < -0.4 is 18.9 Å². The molecule has 0 radical (unpaired) electrons. The molecule has 0 spiro atoms. The van der Waals surface area contributed by atoms with Crippen molar-refractivity contribution in [2.75, 3.05) is 13.1 Å². The van der Waals surface area contributed by atoms with Crippen molar-refractivity contribution in [2.45, 2.75) is 19.1 Å². The molecule has 0 fully saturated rings. The molecule has 0 aliphatic carbocycles. The normalized spacial score (nSPS) is 11.6. The van der Waals surface area contributed by atoms with Gasteiger partial charge in [0.15, 0.2) is 34.9 Å². The van der Waals surface area contributed by atoms with Gasteiger partial charge in [0.1, 0.15) is 18.4 Å². The number of halogens is 12. The van der Waals surface area contributed by atoms with E-state index in [0.29, 0.717) is 16.9 Å². The van der Waals surface area contributed by atoms with Crippen molar-refractivity contribution < 1.29 is 86.0 Å². The van der Waals surface area contributed by atoms with E-state index in [2.05, 4.69) is 14.2 Å². The largest absolute Gasteiger partial charge is 0.489 e. The number of esters is 3. The highest BCUT2D eigenvalue weighted by Gasteiger charge is 2.36. The van der Waals surface area contributed by atoms with Gasteiger partial charge in [-0.2, -0.15) is 26.3 Å². The van der Waals surface area contributed by atoms with Gasteiger partial charge in [-0.1, -0.05) is 66.7 Å². The number of nitrogens with zero attached hydrogens (tertiary/aromatic N) is 1. The summed E-state index contributed by atoms with van der Waals surface area (Å²) in [5.41, 5.74) is 2.07. The smallest absolute Gasteiger partial charge is 0.329 e. The van der Waals surface area contributed by atoms with Gasteiger partial charge in [-0.3, -0.25) is 14.5 Å². The van der Waals surface area contributed by atoms with Crippen LogP contribution in [0.5, 0.6) is 23.0 Å². The van der Waals surface area contributed by atoms with Gasteiger partial charge in [0.2, 0.25) is 52.2 Å². The van der Waals surface area contributed by atoms with Gasteiger partial charge >= 0.3 is 17.9 Å². The summed E-state index contributed by atoms with van der Waals surface area (Å²) in [4.78, 5) is 40.4. The van der Waals surface area contributed by atoms with E-state index < -0.39 is 131 Å². The Labute approximate surface area is 352 Å². The molecule has 0 saturated carbocycles. The van der Waals surface area contributed by atoms with E-state index >= 15 is 0 Å². The summed E-state index contributed by atoms with van der Waals surface area (Å²) in [7, 11) is 0. The number of rotatable bonds is 15. The summed E-state index contributed by atoms with van der Waals surface area (Å²) in [6.45, 7) is -3.02. The molecule has 20 heteroatoms. The molecule has 6 aromatic carbocycles. The molecule has 1 atom stereocenters. The van der Waals surface area contributed by atoms with E-state index in [0.717, 1.165) is 5.56 Å². The van der Waals surface area contributed by atoms with Crippen LogP contribution in [0.1, 0.15) is 11.1 Å². The summed E-state index contributed by atoms with van der Waals surface area (Å²) in [5, 5.41) is 0. The lowest BCUT2D eigenvalue weighted by Crippen LogP contribution is -2.50.